The molecule has 3 aromatic carbocycles. The van der Waals surface area contributed by atoms with Gasteiger partial charge in [-0.1, -0.05) is 12.1 Å². The Morgan fingerprint density at radius 1 is 0.912 bits per heavy atom. The molecule has 0 aliphatic carbocycles. The van der Waals surface area contributed by atoms with Gasteiger partial charge in [0.2, 0.25) is 5.91 Å². The lowest BCUT2D eigenvalue weighted by Crippen LogP contribution is -2.18. The van der Waals surface area contributed by atoms with Crippen LogP contribution in [0.2, 0.25) is 0 Å². The SMILES string of the molecule is Cc1nc2cc(N)ccc2s1.Cc1nc2cc(NC(=O)Cn3cnc4ccccc43)ccc2s1. The number of aromatic nitrogens is 4. The molecule has 0 radical (unpaired) electrons. The van der Waals surface area contributed by atoms with E-state index in [1.807, 2.05) is 79.1 Å². The summed E-state index contributed by atoms with van der Waals surface area (Å²) in [5.74, 6) is -0.0838. The fourth-order valence-electron chi connectivity index (χ4n) is 3.67. The number of nitrogens with two attached hydrogens (primary N) is 1. The van der Waals surface area contributed by atoms with Crippen molar-refractivity contribution in [1.29, 1.82) is 0 Å². The van der Waals surface area contributed by atoms with E-state index in [1.165, 1.54) is 4.70 Å². The second-order valence-corrected chi connectivity index (χ2v) is 10.3. The Morgan fingerprint density at radius 3 is 2.35 bits per heavy atom. The minimum atomic E-state index is -0.0838. The molecule has 0 bridgehead atoms. The van der Waals surface area contributed by atoms with Crippen LogP contribution >= 0.6 is 22.7 Å². The summed E-state index contributed by atoms with van der Waals surface area (Å²) in [6.07, 6.45) is 1.69. The molecular weight excluding hydrogens is 464 g/mol. The molecule has 9 heteroatoms. The third-order valence-corrected chi connectivity index (χ3v) is 7.04. The third kappa shape index (κ3) is 4.75. The van der Waals surface area contributed by atoms with Crippen molar-refractivity contribution in [3.05, 3.63) is 77.0 Å². The molecule has 6 aromatic rings. The number of nitrogens with one attached hydrogen (secondary N) is 1. The van der Waals surface area contributed by atoms with Crippen molar-refractivity contribution in [2.45, 2.75) is 20.4 Å². The van der Waals surface area contributed by atoms with Gasteiger partial charge in [-0.2, -0.15) is 0 Å². The van der Waals surface area contributed by atoms with Gasteiger partial charge in [-0.15, -0.1) is 22.7 Å². The quantitative estimate of drug-likeness (QED) is 0.309. The van der Waals surface area contributed by atoms with Crippen LogP contribution in [0.5, 0.6) is 0 Å². The number of carbonyl (C=O) groups is 1. The van der Waals surface area contributed by atoms with Gasteiger partial charge in [0.15, 0.2) is 0 Å². The van der Waals surface area contributed by atoms with Crippen LogP contribution in [0, 0.1) is 13.8 Å². The average Bonchev–Trinajstić information content (AvgIpc) is 3.49. The van der Waals surface area contributed by atoms with E-state index in [-0.39, 0.29) is 12.5 Å². The fraction of sp³-hybridized carbons (Fsp3) is 0.120. The molecule has 1 amide bonds. The fourth-order valence-corrected chi connectivity index (χ4v) is 5.29. The van der Waals surface area contributed by atoms with E-state index in [2.05, 4.69) is 20.3 Å². The lowest BCUT2D eigenvalue weighted by molar-refractivity contribution is -0.116. The normalized spacial score (nSPS) is 11.0. The van der Waals surface area contributed by atoms with Crippen molar-refractivity contribution in [1.82, 2.24) is 19.5 Å². The molecule has 3 heterocycles. The first-order valence-electron chi connectivity index (χ1n) is 10.6. The largest absolute Gasteiger partial charge is 0.399 e. The number of fused-ring (bicyclic) bond motifs is 3. The van der Waals surface area contributed by atoms with Crippen LogP contribution in [0.3, 0.4) is 0 Å². The van der Waals surface area contributed by atoms with Gasteiger partial charge in [0.05, 0.1) is 47.8 Å². The number of benzene rings is 3. The number of para-hydroxylation sites is 2. The summed E-state index contributed by atoms with van der Waals surface area (Å²) in [4.78, 5) is 25.3. The first-order chi connectivity index (χ1) is 16.4. The molecule has 170 valence electrons. The minimum absolute atomic E-state index is 0.0838. The first-order valence-corrected chi connectivity index (χ1v) is 12.3. The topological polar surface area (TPSA) is 98.7 Å². The van der Waals surface area contributed by atoms with E-state index in [0.29, 0.717) is 0 Å². The number of imidazole rings is 1. The van der Waals surface area contributed by atoms with Crippen molar-refractivity contribution in [2.24, 2.45) is 0 Å². The van der Waals surface area contributed by atoms with Crippen LogP contribution in [0.15, 0.2) is 67.0 Å². The number of nitrogen functional groups attached to an aromatic ring is 1. The number of aryl methyl sites for hydroxylation is 2. The van der Waals surface area contributed by atoms with E-state index in [0.717, 1.165) is 48.2 Å². The summed E-state index contributed by atoms with van der Waals surface area (Å²) in [6.45, 7) is 4.21. The van der Waals surface area contributed by atoms with E-state index < -0.39 is 0 Å². The Kier molecular flexibility index (Phi) is 5.95. The maximum Gasteiger partial charge on any atom is 0.244 e. The lowest BCUT2D eigenvalue weighted by Gasteiger charge is -2.06. The molecule has 7 nitrogen and oxygen atoms in total. The monoisotopic (exact) mass is 486 g/mol. The Morgan fingerprint density at radius 2 is 1.59 bits per heavy atom. The van der Waals surface area contributed by atoms with E-state index >= 15 is 0 Å². The maximum absolute atomic E-state index is 12.3. The van der Waals surface area contributed by atoms with E-state index in [9.17, 15) is 4.79 Å². The minimum Gasteiger partial charge on any atom is -0.399 e. The molecule has 0 aliphatic heterocycles. The highest BCUT2D eigenvalue weighted by Crippen LogP contribution is 2.25. The molecule has 6 rings (SSSR count). The molecule has 0 saturated heterocycles. The van der Waals surface area contributed by atoms with E-state index in [1.54, 1.807) is 29.0 Å². The summed E-state index contributed by atoms with van der Waals surface area (Å²) in [5, 5.41) is 5.03. The van der Waals surface area contributed by atoms with Crippen molar-refractivity contribution in [3.8, 4) is 0 Å². The molecule has 0 saturated carbocycles. The highest BCUT2D eigenvalue weighted by atomic mass is 32.1. The molecule has 0 aliphatic rings. The molecular formula is C25H22N6OS2. The Bertz CT molecular complexity index is 1630. The number of nitrogens with zero attached hydrogens (tertiary/aromatic N) is 4. The van der Waals surface area contributed by atoms with Crippen LogP contribution in [0.1, 0.15) is 10.0 Å². The van der Waals surface area contributed by atoms with Crippen molar-refractivity contribution in [3.63, 3.8) is 0 Å². The smallest absolute Gasteiger partial charge is 0.244 e. The highest BCUT2D eigenvalue weighted by Gasteiger charge is 2.08. The summed E-state index contributed by atoms with van der Waals surface area (Å²) < 4.78 is 4.17. The Hall–Kier alpha value is -3.82. The predicted molar refractivity (Wildman–Crippen MR) is 141 cm³/mol. The van der Waals surface area contributed by atoms with Crippen LogP contribution in [-0.4, -0.2) is 25.4 Å². The second-order valence-electron chi connectivity index (χ2n) is 7.78. The highest BCUT2D eigenvalue weighted by molar-refractivity contribution is 7.18. The summed E-state index contributed by atoms with van der Waals surface area (Å²) in [7, 11) is 0. The van der Waals surface area contributed by atoms with Crippen LogP contribution in [0.4, 0.5) is 11.4 Å². The van der Waals surface area contributed by atoms with Crippen LogP contribution in [-0.2, 0) is 11.3 Å². The van der Waals surface area contributed by atoms with Gasteiger partial charge in [-0.05, 0) is 62.4 Å². The number of carbonyl (C=O) groups excluding carboxylic acids is 1. The molecule has 0 fully saturated rings. The zero-order valence-electron chi connectivity index (χ0n) is 18.6. The number of anilines is 2. The number of rotatable bonds is 3. The lowest BCUT2D eigenvalue weighted by atomic mass is 10.3. The summed E-state index contributed by atoms with van der Waals surface area (Å²) in [5.41, 5.74) is 10.9. The van der Waals surface area contributed by atoms with Gasteiger partial charge >= 0.3 is 0 Å². The molecule has 0 spiro atoms. The summed E-state index contributed by atoms with van der Waals surface area (Å²) in [6, 6.07) is 19.4. The average molecular weight is 487 g/mol. The maximum atomic E-state index is 12.3. The van der Waals surface area contributed by atoms with Crippen molar-refractivity contribution >= 4 is 71.4 Å². The summed E-state index contributed by atoms with van der Waals surface area (Å²) >= 11 is 3.34. The van der Waals surface area contributed by atoms with Gasteiger partial charge in [-0.25, -0.2) is 15.0 Å². The number of hydrogen-bond acceptors (Lipinski definition) is 7. The predicted octanol–water partition coefficient (Wildman–Crippen LogP) is 5.78. The van der Waals surface area contributed by atoms with Crippen LogP contribution < -0.4 is 11.1 Å². The number of hydrogen-bond donors (Lipinski definition) is 2. The third-order valence-electron chi connectivity index (χ3n) is 5.14. The zero-order chi connectivity index (χ0) is 23.7. The second kappa shape index (κ2) is 9.20. The molecule has 34 heavy (non-hydrogen) atoms. The molecule has 3 N–H and O–H groups in total. The van der Waals surface area contributed by atoms with Crippen molar-refractivity contribution in [2.75, 3.05) is 11.1 Å². The van der Waals surface area contributed by atoms with Gasteiger partial charge in [-0.3, -0.25) is 4.79 Å². The van der Waals surface area contributed by atoms with Crippen molar-refractivity contribution < 1.29 is 4.79 Å². The molecule has 3 aromatic heterocycles. The standard InChI is InChI=1S/C17H14N4OS.C8H8N2S/c1-11-19-14-8-12(6-7-16(14)23-11)20-17(22)9-21-10-18-13-4-2-3-5-15(13)21;1-5-10-7-4-6(9)2-3-8(7)11-5/h2-8,10H,9H2,1H3,(H,20,22);2-4H,9H2,1H3. The Balaban J connectivity index is 0.000000183. The van der Waals surface area contributed by atoms with Gasteiger partial charge in [0.1, 0.15) is 6.54 Å². The molecule has 0 unspecified atom stereocenters. The zero-order valence-corrected chi connectivity index (χ0v) is 20.3. The first kappa shape index (κ1) is 22.0. The van der Waals surface area contributed by atoms with Gasteiger partial charge in [0, 0.05) is 11.4 Å². The van der Waals surface area contributed by atoms with E-state index in [4.69, 9.17) is 5.73 Å². The Labute approximate surface area is 203 Å². The number of amides is 1. The van der Waals surface area contributed by atoms with Gasteiger partial charge < -0.3 is 15.6 Å². The molecule has 0 atom stereocenters. The van der Waals surface area contributed by atoms with Crippen LogP contribution in [0.25, 0.3) is 31.5 Å². The van der Waals surface area contributed by atoms with Gasteiger partial charge in [0.25, 0.3) is 0 Å². The number of thiazole rings is 2.